The van der Waals surface area contributed by atoms with Crippen molar-refractivity contribution in [3.8, 4) is 0 Å². The first-order valence-corrected chi connectivity index (χ1v) is 4.90. The number of rotatable bonds is 2. The molecule has 0 amide bonds. The Hall–Kier alpha value is -0.0800. The van der Waals surface area contributed by atoms with Gasteiger partial charge in [-0.2, -0.15) is 0 Å². The van der Waals surface area contributed by atoms with E-state index in [0.29, 0.717) is 11.5 Å². The first-order chi connectivity index (χ1) is 5.49. The van der Waals surface area contributed by atoms with Gasteiger partial charge in [0.1, 0.15) is 0 Å². The van der Waals surface area contributed by atoms with Crippen LogP contribution in [0.3, 0.4) is 0 Å². The summed E-state index contributed by atoms with van der Waals surface area (Å²) in [5.74, 6) is 0. The fourth-order valence-electron chi connectivity index (χ4n) is 1.62. The number of nitrogens with one attached hydrogen (secondary N) is 1. The molecule has 1 rings (SSSR count). The van der Waals surface area contributed by atoms with E-state index in [1.807, 2.05) is 0 Å². The summed E-state index contributed by atoms with van der Waals surface area (Å²) in [6.07, 6.45) is 3.18. The van der Waals surface area contributed by atoms with Crippen LogP contribution in [0.2, 0.25) is 0 Å². The minimum atomic E-state index is -0.104. The van der Waals surface area contributed by atoms with Gasteiger partial charge in [0.2, 0.25) is 0 Å². The van der Waals surface area contributed by atoms with Crippen molar-refractivity contribution in [1.29, 1.82) is 0 Å². The van der Waals surface area contributed by atoms with E-state index in [9.17, 15) is 5.11 Å². The molecule has 0 bridgehead atoms. The standard InChI is InChI=1S/C10H21NO/c1-10(2,3)7-11-8-5-4-6-9(8)12/h8-9,11-12H,4-7H2,1-3H3/t8-,9+/m1/s1. The van der Waals surface area contributed by atoms with Gasteiger partial charge in [-0.25, -0.2) is 0 Å². The molecule has 1 aliphatic rings. The SMILES string of the molecule is CC(C)(C)CN[C@@H]1CCC[C@@H]1O. The Morgan fingerprint density at radius 3 is 2.42 bits per heavy atom. The molecule has 2 atom stereocenters. The Morgan fingerprint density at radius 1 is 1.33 bits per heavy atom. The smallest absolute Gasteiger partial charge is 0.0693 e. The molecule has 2 heteroatoms. The van der Waals surface area contributed by atoms with Crippen LogP contribution < -0.4 is 5.32 Å². The van der Waals surface area contributed by atoms with Crippen molar-refractivity contribution in [3.05, 3.63) is 0 Å². The quantitative estimate of drug-likeness (QED) is 0.660. The van der Waals surface area contributed by atoms with Gasteiger partial charge in [0.25, 0.3) is 0 Å². The second-order valence-corrected chi connectivity index (χ2v) is 5.05. The Morgan fingerprint density at radius 2 is 2.00 bits per heavy atom. The lowest BCUT2D eigenvalue weighted by Crippen LogP contribution is -2.40. The summed E-state index contributed by atoms with van der Waals surface area (Å²) in [5, 5.41) is 12.9. The molecule has 0 aliphatic heterocycles. The minimum Gasteiger partial charge on any atom is -0.392 e. The van der Waals surface area contributed by atoms with Crippen molar-refractivity contribution in [2.75, 3.05) is 6.54 Å². The molecule has 1 saturated carbocycles. The molecule has 0 aromatic rings. The molecule has 0 aromatic carbocycles. The number of aliphatic hydroxyl groups is 1. The van der Waals surface area contributed by atoms with Crippen molar-refractivity contribution >= 4 is 0 Å². The van der Waals surface area contributed by atoms with E-state index >= 15 is 0 Å². The molecule has 0 radical (unpaired) electrons. The van der Waals surface area contributed by atoms with Gasteiger partial charge in [-0.1, -0.05) is 20.8 Å². The molecule has 2 nitrogen and oxygen atoms in total. The Kier molecular flexibility index (Phi) is 3.13. The summed E-state index contributed by atoms with van der Waals surface area (Å²) in [7, 11) is 0. The van der Waals surface area contributed by atoms with Crippen LogP contribution in [0, 0.1) is 5.41 Å². The van der Waals surface area contributed by atoms with Gasteiger partial charge in [0, 0.05) is 12.6 Å². The van der Waals surface area contributed by atoms with Gasteiger partial charge in [0.05, 0.1) is 6.10 Å². The van der Waals surface area contributed by atoms with Crippen LogP contribution in [-0.2, 0) is 0 Å². The average Bonchev–Trinajstić information content (AvgIpc) is 2.29. The fourth-order valence-corrected chi connectivity index (χ4v) is 1.62. The topological polar surface area (TPSA) is 32.3 Å². The maximum Gasteiger partial charge on any atom is 0.0693 e. The molecular weight excluding hydrogens is 150 g/mol. The lowest BCUT2D eigenvalue weighted by molar-refractivity contribution is 0.143. The van der Waals surface area contributed by atoms with Crippen molar-refractivity contribution in [1.82, 2.24) is 5.32 Å². The molecule has 0 heterocycles. The van der Waals surface area contributed by atoms with Gasteiger partial charge in [0.15, 0.2) is 0 Å². The van der Waals surface area contributed by atoms with Crippen LogP contribution in [0.1, 0.15) is 40.0 Å². The number of aliphatic hydroxyl groups excluding tert-OH is 1. The average molecular weight is 171 g/mol. The van der Waals surface area contributed by atoms with E-state index in [1.165, 1.54) is 6.42 Å². The summed E-state index contributed by atoms with van der Waals surface area (Å²) in [5.41, 5.74) is 0.322. The molecule has 1 aliphatic carbocycles. The van der Waals surface area contributed by atoms with Crippen LogP contribution in [-0.4, -0.2) is 23.8 Å². The van der Waals surface area contributed by atoms with Crippen molar-refractivity contribution in [2.45, 2.75) is 52.2 Å². The highest BCUT2D eigenvalue weighted by molar-refractivity contribution is 4.83. The zero-order valence-electron chi connectivity index (χ0n) is 8.43. The summed E-state index contributed by atoms with van der Waals surface area (Å²) < 4.78 is 0. The molecule has 2 N–H and O–H groups in total. The lowest BCUT2D eigenvalue weighted by Gasteiger charge is -2.24. The maximum atomic E-state index is 9.52. The molecule has 72 valence electrons. The van der Waals surface area contributed by atoms with Gasteiger partial charge in [-0.15, -0.1) is 0 Å². The molecule has 0 aromatic heterocycles. The predicted octanol–water partition coefficient (Wildman–Crippen LogP) is 1.54. The van der Waals surface area contributed by atoms with Crippen molar-refractivity contribution < 1.29 is 5.11 Å². The third-order valence-corrected chi connectivity index (χ3v) is 2.37. The summed E-state index contributed by atoms with van der Waals surface area (Å²) in [6.45, 7) is 7.62. The largest absolute Gasteiger partial charge is 0.392 e. The monoisotopic (exact) mass is 171 g/mol. The third kappa shape index (κ3) is 3.11. The highest BCUT2D eigenvalue weighted by Crippen LogP contribution is 2.20. The number of hydrogen-bond donors (Lipinski definition) is 2. The Balaban J connectivity index is 2.23. The first kappa shape index (κ1) is 10.0. The van der Waals surface area contributed by atoms with E-state index in [1.54, 1.807) is 0 Å². The van der Waals surface area contributed by atoms with E-state index < -0.39 is 0 Å². The molecule has 1 fully saturated rings. The van der Waals surface area contributed by atoms with Crippen molar-refractivity contribution in [2.24, 2.45) is 5.41 Å². The van der Waals surface area contributed by atoms with Crippen LogP contribution in [0.25, 0.3) is 0 Å². The second-order valence-electron chi connectivity index (χ2n) is 5.05. The first-order valence-electron chi connectivity index (χ1n) is 4.90. The van der Waals surface area contributed by atoms with Crippen molar-refractivity contribution in [3.63, 3.8) is 0 Å². The number of hydrogen-bond acceptors (Lipinski definition) is 2. The summed E-state index contributed by atoms with van der Waals surface area (Å²) in [4.78, 5) is 0. The predicted molar refractivity (Wildman–Crippen MR) is 51.1 cm³/mol. The van der Waals surface area contributed by atoms with Crippen LogP contribution in [0.4, 0.5) is 0 Å². The molecular formula is C10H21NO. The Labute approximate surface area is 75.4 Å². The van der Waals surface area contributed by atoms with Gasteiger partial charge < -0.3 is 10.4 Å². The zero-order valence-corrected chi connectivity index (χ0v) is 8.43. The van der Waals surface area contributed by atoms with E-state index in [-0.39, 0.29) is 6.10 Å². The normalized spacial score (nSPS) is 31.0. The second kappa shape index (κ2) is 3.75. The van der Waals surface area contributed by atoms with Crippen LogP contribution in [0.5, 0.6) is 0 Å². The zero-order chi connectivity index (χ0) is 9.19. The van der Waals surface area contributed by atoms with Crippen LogP contribution in [0.15, 0.2) is 0 Å². The molecule has 0 unspecified atom stereocenters. The summed E-state index contributed by atoms with van der Waals surface area (Å²) in [6, 6.07) is 0.351. The van der Waals surface area contributed by atoms with Gasteiger partial charge in [-0.3, -0.25) is 0 Å². The minimum absolute atomic E-state index is 0.104. The lowest BCUT2D eigenvalue weighted by atomic mass is 9.96. The summed E-state index contributed by atoms with van der Waals surface area (Å²) >= 11 is 0. The van der Waals surface area contributed by atoms with Gasteiger partial charge >= 0.3 is 0 Å². The van der Waals surface area contributed by atoms with Crippen LogP contribution >= 0.6 is 0 Å². The molecule has 12 heavy (non-hydrogen) atoms. The van der Waals surface area contributed by atoms with E-state index in [2.05, 4.69) is 26.1 Å². The fraction of sp³-hybridized carbons (Fsp3) is 1.00. The highest BCUT2D eigenvalue weighted by Gasteiger charge is 2.25. The maximum absolute atomic E-state index is 9.52. The highest BCUT2D eigenvalue weighted by atomic mass is 16.3. The molecule has 0 spiro atoms. The third-order valence-electron chi connectivity index (χ3n) is 2.37. The van der Waals surface area contributed by atoms with E-state index in [4.69, 9.17) is 0 Å². The molecule has 0 saturated heterocycles. The van der Waals surface area contributed by atoms with Gasteiger partial charge in [-0.05, 0) is 24.7 Å². The van der Waals surface area contributed by atoms with E-state index in [0.717, 1.165) is 19.4 Å². The Bertz CT molecular complexity index is 139.